The van der Waals surface area contributed by atoms with Crippen molar-refractivity contribution in [2.75, 3.05) is 0 Å². The molecule has 0 aromatic heterocycles. The van der Waals surface area contributed by atoms with Crippen LogP contribution in [0.1, 0.15) is 31.9 Å². The van der Waals surface area contributed by atoms with Crippen LogP contribution in [-0.2, 0) is 17.2 Å². The summed E-state index contributed by atoms with van der Waals surface area (Å²) in [5, 5.41) is 0. The Hall–Kier alpha value is -1.17. The average molecular weight is 277 g/mol. The van der Waals surface area contributed by atoms with Gasteiger partial charge in [-0.25, -0.2) is 4.21 Å². The van der Waals surface area contributed by atoms with Crippen LogP contribution in [0.2, 0.25) is 0 Å². The van der Waals surface area contributed by atoms with E-state index in [1.807, 2.05) is 0 Å². The van der Waals surface area contributed by atoms with E-state index in [-0.39, 0.29) is 5.56 Å². The minimum Gasteiger partial charge on any atom is -0.234 e. The van der Waals surface area contributed by atoms with Crippen LogP contribution in [-0.4, -0.2) is 15.2 Å². The number of alkyl halides is 3. The fourth-order valence-corrected chi connectivity index (χ4v) is 1.66. The first kappa shape index (κ1) is 14.9. The maximum absolute atomic E-state index is 12.7. The lowest BCUT2D eigenvalue weighted by Gasteiger charge is -2.13. The third-order valence-electron chi connectivity index (χ3n) is 2.08. The topological polar surface area (TPSA) is 29.4 Å². The molecule has 1 aromatic rings. The predicted molar refractivity (Wildman–Crippen MR) is 66.9 cm³/mol. The van der Waals surface area contributed by atoms with Crippen molar-refractivity contribution in [2.45, 2.75) is 31.7 Å². The molecule has 0 spiro atoms. The molecule has 0 radical (unpaired) electrons. The van der Waals surface area contributed by atoms with Crippen molar-refractivity contribution in [1.82, 2.24) is 0 Å². The molecule has 0 aliphatic heterocycles. The highest BCUT2D eigenvalue weighted by Crippen LogP contribution is 2.31. The second kappa shape index (κ2) is 5.22. The normalized spacial score (nSPS) is 15.0. The van der Waals surface area contributed by atoms with Crippen LogP contribution in [0.4, 0.5) is 13.2 Å². The lowest BCUT2D eigenvalue weighted by atomic mass is 10.1. The molecule has 0 N–H and O–H groups in total. The van der Waals surface area contributed by atoms with Gasteiger partial charge in [0.1, 0.15) is 11.0 Å². The van der Waals surface area contributed by atoms with Gasteiger partial charge in [0.15, 0.2) is 0 Å². The predicted octanol–water partition coefficient (Wildman–Crippen LogP) is 3.59. The Labute approximate surface area is 107 Å². The van der Waals surface area contributed by atoms with Crippen LogP contribution in [0.5, 0.6) is 0 Å². The van der Waals surface area contributed by atoms with Gasteiger partial charge in [0.05, 0.1) is 10.3 Å². The lowest BCUT2D eigenvalue weighted by molar-refractivity contribution is -0.137. The van der Waals surface area contributed by atoms with E-state index in [1.54, 1.807) is 20.8 Å². The SMILES string of the molecule is CC(C)(C)[S@@](=O)N=Cc1ccccc1C(F)(F)F. The van der Waals surface area contributed by atoms with Gasteiger partial charge < -0.3 is 0 Å². The fourth-order valence-electron chi connectivity index (χ4n) is 1.13. The van der Waals surface area contributed by atoms with Gasteiger partial charge in [-0.1, -0.05) is 18.2 Å². The number of rotatable bonds is 2. The maximum Gasteiger partial charge on any atom is 0.417 e. The minimum absolute atomic E-state index is 0.0809. The second-order valence-electron chi connectivity index (χ2n) is 4.68. The average Bonchev–Trinajstić information content (AvgIpc) is 2.23. The first-order valence-electron chi connectivity index (χ1n) is 5.24. The zero-order valence-corrected chi connectivity index (χ0v) is 11.1. The van der Waals surface area contributed by atoms with Crippen LogP contribution >= 0.6 is 0 Å². The molecule has 1 aromatic carbocycles. The van der Waals surface area contributed by atoms with Gasteiger partial charge in [0.25, 0.3) is 0 Å². The van der Waals surface area contributed by atoms with Gasteiger partial charge in [0.2, 0.25) is 0 Å². The highest BCUT2D eigenvalue weighted by Gasteiger charge is 2.32. The summed E-state index contributed by atoms with van der Waals surface area (Å²) in [6.45, 7) is 5.11. The smallest absolute Gasteiger partial charge is 0.234 e. The summed E-state index contributed by atoms with van der Waals surface area (Å²) < 4.78 is 52.7. The van der Waals surface area contributed by atoms with Gasteiger partial charge >= 0.3 is 6.18 Å². The molecule has 1 rings (SSSR count). The van der Waals surface area contributed by atoms with E-state index in [0.717, 1.165) is 12.3 Å². The molecule has 0 fully saturated rings. The Morgan fingerprint density at radius 3 is 2.22 bits per heavy atom. The van der Waals surface area contributed by atoms with E-state index < -0.39 is 27.5 Å². The van der Waals surface area contributed by atoms with Crippen molar-refractivity contribution in [2.24, 2.45) is 4.40 Å². The van der Waals surface area contributed by atoms with Crippen LogP contribution in [0.15, 0.2) is 28.7 Å². The Morgan fingerprint density at radius 2 is 1.72 bits per heavy atom. The summed E-state index contributed by atoms with van der Waals surface area (Å²) in [5.74, 6) is 0. The molecular weight excluding hydrogens is 263 g/mol. The highest BCUT2D eigenvalue weighted by molar-refractivity contribution is 7.85. The first-order valence-corrected chi connectivity index (χ1v) is 6.35. The molecule has 0 aliphatic carbocycles. The van der Waals surface area contributed by atoms with E-state index in [1.165, 1.54) is 18.2 Å². The Bertz CT molecular complexity index is 475. The lowest BCUT2D eigenvalue weighted by Crippen LogP contribution is -2.19. The molecule has 100 valence electrons. The number of benzene rings is 1. The minimum atomic E-state index is -4.44. The molecule has 0 amide bonds. The van der Waals surface area contributed by atoms with Gasteiger partial charge in [-0.05, 0) is 26.8 Å². The molecule has 0 aliphatic rings. The van der Waals surface area contributed by atoms with Crippen LogP contribution < -0.4 is 0 Å². The number of halogens is 3. The number of hydrogen-bond donors (Lipinski definition) is 0. The number of nitrogens with zero attached hydrogens (tertiary/aromatic N) is 1. The van der Waals surface area contributed by atoms with E-state index in [0.29, 0.717) is 0 Å². The quantitative estimate of drug-likeness (QED) is 0.760. The Kier molecular flexibility index (Phi) is 4.32. The summed E-state index contributed by atoms with van der Waals surface area (Å²) in [4.78, 5) is 0. The number of hydrogen-bond acceptors (Lipinski definition) is 1. The van der Waals surface area contributed by atoms with Crippen LogP contribution in [0.3, 0.4) is 0 Å². The van der Waals surface area contributed by atoms with Crippen LogP contribution in [0, 0.1) is 0 Å². The largest absolute Gasteiger partial charge is 0.417 e. The first-order chi connectivity index (χ1) is 8.12. The molecule has 2 nitrogen and oxygen atoms in total. The van der Waals surface area contributed by atoms with Gasteiger partial charge in [0, 0.05) is 11.8 Å². The molecule has 1 atom stereocenters. The standard InChI is InChI=1S/C12H14F3NOS/c1-11(2,3)18(17)16-8-9-6-4-5-7-10(9)12(13,14)15/h4-8H,1-3H3/t18-/m1/s1. The van der Waals surface area contributed by atoms with Gasteiger partial charge in [-0.15, -0.1) is 0 Å². The fraction of sp³-hybridized carbons (Fsp3) is 0.417. The highest BCUT2D eigenvalue weighted by atomic mass is 32.2. The van der Waals surface area contributed by atoms with Crippen molar-refractivity contribution in [3.8, 4) is 0 Å². The van der Waals surface area contributed by atoms with Crippen molar-refractivity contribution < 1.29 is 17.4 Å². The third-order valence-corrected chi connectivity index (χ3v) is 3.42. The summed E-state index contributed by atoms with van der Waals surface area (Å²) in [7, 11) is -1.57. The summed E-state index contributed by atoms with van der Waals surface area (Å²) in [5.41, 5.74) is -0.859. The molecule has 0 heterocycles. The van der Waals surface area contributed by atoms with Crippen molar-refractivity contribution in [3.05, 3.63) is 35.4 Å². The van der Waals surface area contributed by atoms with E-state index >= 15 is 0 Å². The summed E-state index contributed by atoms with van der Waals surface area (Å²) in [6.07, 6.45) is -3.42. The third kappa shape index (κ3) is 3.94. The molecule has 0 saturated carbocycles. The molecule has 0 unspecified atom stereocenters. The van der Waals surface area contributed by atoms with Gasteiger partial charge in [-0.3, -0.25) is 0 Å². The molecule has 0 bridgehead atoms. The van der Waals surface area contributed by atoms with E-state index in [4.69, 9.17) is 0 Å². The molecule has 0 saturated heterocycles. The zero-order chi connectivity index (χ0) is 14.0. The van der Waals surface area contributed by atoms with E-state index in [2.05, 4.69) is 4.40 Å². The molecule has 18 heavy (non-hydrogen) atoms. The Balaban J connectivity index is 3.06. The van der Waals surface area contributed by atoms with Gasteiger partial charge in [-0.2, -0.15) is 17.6 Å². The van der Waals surface area contributed by atoms with Crippen molar-refractivity contribution in [3.63, 3.8) is 0 Å². The zero-order valence-electron chi connectivity index (χ0n) is 10.3. The van der Waals surface area contributed by atoms with E-state index in [9.17, 15) is 17.4 Å². The second-order valence-corrected chi connectivity index (χ2v) is 6.61. The summed E-state index contributed by atoms with van der Waals surface area (Å²) in [6, 6.07) is 5.06. The monoisotopic (exact) mass is 277 g/mol. The summed E-state index contributed by atoms with van der Waals surface area (Å²) >= 11 is 0. The van der Waals surface area contributed by atoms with Crippen LogP contribution in [0.25, 0.3) is 0 Å². The molecular formula is C12H14F3NOS. The van der Waals surface area contributed by atoms with Crippen molar-refractivity contribution in [1.29, 1.82) is 0 Å². The maximum atomic E-state index is 12.7. The molecule has 6 heteroatoms. The van der Waals surface area contributed by atoms with Crippen molar-refractivity contribution >= 4 is 17.2 Å². The Morgan fingerprint density at radius 1 is 1.17 bits per heavy atom.